The zero-order valence-electron chi connectivity index (χ0n) is 18.2. The number of carbonyl (C=O) groups excluding carboxylic acids is 1. The highest BCUT2D eigenvalue weighted by Gasteiger charge is 2.19. The Bertz CT molecular complexity index is 837. The zero-order valence-corrected chi connectivity index (χ0v) is 18.2. The van der Waals surface area contributed by atoms with Crippen LogP contribution in [0.2, 0.25) is 0 Å². The van der Waals surface area contributed by atoms with Crippen molar-refractivity contribution >= 4 is 5.91 Å². The molecule has 164 valence electrons. The van der Waals surface area contributed by atoms with E-state index in [1.54, 1.807) is 45.3 Å². The van der Waals surface area contributed by atoms with Crippen molar-refractivity contribution in [1.29, 1.82) is 0 Å². The number of carbonyl (C=O) groups is 1. The van der Waals surface area contributed by atoms with Gasteiger partial charge in [0.25, 0.3) is 0 Å². The molecule has 3 N–H and O–H groups in total. The summed E-state index contributed by atoms with van der Waals surface area (Å²) in [5.41, 5.74) is 6.11. The maximum absolute atomic E-state index is 13.8. The zero-order chi connectivity index (χ0) is 22.3. The molecule has 0 aliphatic heterocycles. The van der Waals surface area contributed by atoms with Gasteiger partial charge in [-0.25, -0.2) is 14.3 Å². The second-order valence-corrected chi connectivity index (χ2v) is 8.14. The molecule has 0 saturated heterocycles. The number of benzene rings is 2. The SMILES string of the molecule is Cc1cc(CNCCCC[C@@H](Cc2cc(C)c(F)c(C)c2)C(=O)NO)cc(C)c1F. The largest absolute Gasteiger partial charge is 0.313 e. The quantitative estimate of drug-likeness (QED) is 0.294. The van der Waals surface area contributed by atoms with Crippen LogP contribution in [-0.2, 0) is 17.8 Å². The average molecular weight is 419 g/mol. The minimum atomic E-state index is -0.417. The minimum absolute atomic E-state index is 0.154. The monoisotopic (exact) mass is 418 g/mol. The summed E-state index contributed by atoms with van der Waals surface area (Å²) in [4.78, 5) is 12.1. The predicted octanol–water partition coefficient (Wildman–Crippen LogP) is 4.82. The minimum Gasteiger partial charge on any atom is -0.313 e. The second kappa shape index (κ2) is 11.2. The lowest BCUT2D eigenvalue weighted by atomic mass is 9.91. The summed E-state index contributed by atoms with van der Waals surface area (Å²) in [6, 6.07) is 7.22. The highest BCUT2D eigenvalue weighted by Crippen LogP contribution is 2.20. The van der Waals surface area contributed by atoms with E-state index in [1.165, 1.54) is 0 Å². The van der Waals surface area contributed by atoms with Crippen LogP contribution >= 0.6 is 0 Å². The lowest BCUT2D eigenvalue weighted by Gasteiger charge is -2.16. The van der Waals surface area contributed by atoms with Gasteiger partial charge >= 0.3 is 0 Å². The van der Waals surface area contributed by atoms with Crippen molar-refractivity contribution in [3.8, 4) is 0 Å². The maximum Gasteiger partial charge on any atom is 0.246 e. The molecule has 0 radical (unpaired) electrons. The van der Waals surface area contributed by atoms with Crippen molar-refractivity contribution < 1.29 is 18.8 Å². The van der Waals surface area contributed by atoms with E-state index in [9.17, 15) is 13.6 Å². The topological polar surface area (TPSA) is 61.4 Å². The predicted molar refractivity (Wildman–Crippen MR) is 114 cm³/mol. The summed E-state index contributed by atoms with van der Waals surface area (Å²) < 4.78 is 27.5. The molecule has 4 nitrogen and oxygen atoms in total. The van der Waals surface area contributed by atoms with Crippen molar-refractivity contribution in [3.63, 3.8) is 0 Å². The first-order valence-corrected chi connectivity index (χ1v) is 10.4. The fourth-order valence-corrected chi connectivity index (χ4v) is 3.87. The number of hydroxylamine groups is 1. The first-order valence-electron chi connectivity index (χ1n) is 10.4. The number of hydrogen-bond donors (Lipinski definition) is 3. The van der Waals surface area contributed by atoms with Crippen LogP contribution in [0, 0.1) is 45.2 Å². The third-order valence-electron chi connectivity index (χ3n) is 5.44. The molecule has 2 aromatic rings. The fourth-order valence-electron chi connectivity index (χ4n) is 3.87. The molecule has 2 rings (SSSR count). The van der Waals surface area contributed by atoms with Crippen LogP contribution < -0.4 is 10.8 Å². The lowest BCUT2D eigenvalue weighted by Crippen LogP contribution is -2.29. The van der Waals surface area contributed by atoms with E-state index in [0.717, 1.165) is 30.5 Å². The van der Waals surface area contributed by atoms with Crippen LogP contribution in [0.5, 0.6) is 0 Å². The average Bonchev–Trinajstić information content (AvgIpc) is 2.70. The standard InChI is InChI=1S/C24H32F2N2O2/c1-15-9-19(10-16(2)22(15)25)13-21(24(29)28-30)7-5-6-8-27-14-20-11-17(3)23(26)18(4)12-20/h9-12,21,27,30H,5-8,13-14H2,1-4H3,(H,28,29)/t21-/m0/s1. The van der Waals surface area contributed by atoms with E-state index in [1.807, 2.05) is 12.1 Å². The van der Waals surface area contributed by atoms with Crippen molar-refractivity contribution in [2.45, 2.75) is 59.9 Å². The number of aryl methyl sites for hydroxylation is 4. The third kappa shape index (κ3) is 6.61. The molecule has 0 saturated carbocycles. The van der Waals surface area contributed by atoms with Crippen LogP contribution in [0.1, 0.15) is 52.6 Å². The van der Waals surface area contributed by atoms with Gasteiger partial charge in [0, 0.05) is 12.5 Å². The summed E-state index contributed by atoms with van der Waals surface area (Å²) in [5, 5.41) is 12.4. The Balaban J connectivity index is 1.82. The van der Waals surface area contributed by atoms with Gasteiger partial charge in [-0.2, -0.15) is 0 Å². The Morgan fingerprint density at radius 3 is 1.90 bits per heavy atom. The van der Waals surface area contributed by atoms with Crippen LogP contribution in [-0.4, -0.2) is 17.7 Å². The highest BCUT2D eigenvalue weighted by atomic mass is 19.1. The second-order valence-electron chi connectivity index (χ2n) is 8.14. The van der Waals surface area contributed by atoms with E-state index in [2.05, 4.69) is 5.32 Å². The van der Waals surface area contributed by atoms with Gasteiger partial charge in [-0.1, -0.05) is 30.7 Å². The molecule has 0 heterocycles. The number of amides is 1. The third-order valence-corrected chi connectivity index (χ3v) is 5.44. The van der Waals surface area contributed by atoms with E-state index >= 15 is 0 Å². The molecule has 2 aromatic carbocycles. The molecule has 1 amide bonds. The van der Waals surface area contributed by atoms with Gasteiger partial charge in [-0.15, -0.1) is 0 Å². The first kappa shape index (κ1) is 24.0. The number of nitrogens with one attached hydrogen (secondary N) is 2. The van der Waals surface area contributed by atoms with E-state index in [4.69, 9.17) is 5.21 Å². The molecular formula is C24H32F2N2O2. The smallest absolute Gasteiger partial charge is 0.246 e. The van der Waals surface area contributed by atoms with Gasteiger partial charge in [-0.3, -0.25) is 10.0 Å². The Hall–Kier alpha value is -2.31. The number of hydrogen-bond acceptors (Lipinski definition) is 3. The summed E-state index contributed by atoms with van der Waals surface area (Å²) in [6.07, 6.45) is 2.76. The Morgan fingerprint density at radius 2 is 1.40 bits per heavy atom. The highest BCUT2D eigenvalue weighted by molar-refractivity contribution is 5.77. The van der Waals surface area contributed by atoms with Crippen molar-refractivity contribution in [2.24, 2.45) is 5.92 Å². The summed E-state index contributed by atoms with van der Waals surface area (Å²) in [6.45, 7) is 8.39. The Labute approximate surface area is 177 Å². The summed E-state index contributed by atoms with van der Waals surface area (Å²) in [5.74, 6) is -1.17. The van der Waals surface area contributed by atoms with Crippen LogP contribution in [0.15, 0.2) is 24.3 Å². The van der Waals surface area contributed by atoms with Gasteiger partial charge in [0.05, 0.1) is 0 Å². The number of halogens is 2. The molecule has 0 spiro atoms. The number of unbranched alkanes of at least 4 members (excludes halogenated alkanes) is 1. The first-order chi connectivity index (χ1) is 14.2. The van der Waals surface area contributed by atoms with E-state index < -0.39 is 5.91 Å². The molecular weight excluding hydrogens is 386 g/mol. The van der Waals surface area contributed by atoms with Crippen LogP contribution in [0.3, 0.4) is 0 Å². The molecule has 0 aliphatic rings. The van der Waals surface area contributed by atoms with Gasteiger partial charge in [0.15, 0.2) is 0 Å². The van der Waals surface area contributed by atoms with Gasteiger partial charge < -0.3 is 5.32 Å². The normalized spacial score (nSPS) is 12.1. The molecule has 0 aliphatic carbocycles. The van der Waals surface area contributed by atoms with Gasteiger partial charge in [0.2, 0.25) is 5.91 Å². The van der Waals surface area contributed by atoms with Crippen LogP contribution in [0.25, 0.3) is 0 Å². The van der Waals surface area contributed by atoms with Gasteiger partial charge in [-0.05, 0) is 86.9 Å². The lowest BCUT2D eigenvalue weighted by molar-refractivity contribution is -0.133. The maximum atomic E-state index is 13.8. The molecule has 1 atom stereocenters. The molecule has 0 unspecified atom stereocenters. The molecule has 6 heteroatoms. The summed E-state index contributed by atoms with van der Waals surface area (Å²) >= 11 is 0. The molecule has 30 heavy (non-hydrogen) atoms. The molecule has 0 aromatic heterocycles. The van der Waals surface area contributed by atoms with Gasteiger partial charge in [0.1, 0.15) is 11.6 Å². The summed E-state index contributed by atoms with van der Waals surface area (Å²) in [7, 11) is 0. The molecule has 0 fully saturated rings. The van der Waals surface area contributed by atoms with Crippen molar-refractivity contribution in [1.82, 2.24) is 10.8 Å². The van der Waals surface area contributed by atoms with Crippen molar-refractivity contribution in [2.75, 3.05) is 6.54 Å². The van der Waals surface area contributed by atoms with E-state index in [-0.39, 0.29) is 17.6 Å². The van der Waals surface area contributed by atoms with Crippen molar-refractivity contribution in [3.05, 3.63) is 69.3 Å². The Morgan fingerprint density at radius 1 is 0.900 bits per heavy atom. The fraction of sp³-hybridized carbons (Fsp3) is 0.458. The molecule has 0 bridgehead atoms. The number of rotatable bonds is 10. The van der Waals surface area contributed by atoms with Crippen LogP contribution in [0.4, 0.5) is 8.78 Å². The Kier molecular flexibility index (Phi) is 8.93. The van der Waals surface area contributed by atoms with E-state index in [0.29, 0.717) is 41.6 Å².